The number of rotatable bonds is 11. The van der Waals surface area contributed by atoms with E-state index in [1.54, 1.807) is 12.1 Å². The lowest BCUT2D eigenvalue weighted by atomic mass is 10.2. The van der Waals surface area contributed by atoms with E-state index in [0.717, 1.165) is 36.5 Å². The van der Waals surface area contributed by atoms with E-state index in [1.165, 1.54) is 0 Å². The van der Waals surface area contributed by atoms with Crippen molar-refractivity contribution in [3.63, 3.8) is 0 Å². The van der Waals surface area contributed by atoms with E-state index in [4.69, 9.17) is 25.4 Å². The van der Waals surface area contributed by atoms with Gasteiger partial charge in [-0.15, -0.1) is 0 Å². The highest BCUT2D eigenvalue weighted by atomic mass is 16.5. The molecule has 0 atom stereocenters. The van der Waals surface area contributed by atoms with Crippen molar-refractivity contribution in [2.45, 2.75) is 39.2 Å². The summed E-state index contributed by atoms with van der Waals surface area (Å²) in [6.07, 6.45) is 3.07. The van der Waals surface area contributed by atoms with Gasteiger partial charge >= 0.3 is 0 Å². The Hall–Kier alpha value is -2.69. The molecular weight excluding hydrogens is 328 g/mol. The summed E-state index contributed by atoms with van der Waals surface area (Å²) in [4.78, 5) is 0. The van der Waals surface area contributed by atoms with Crippen molar-refractivity contribution in [1.82, 2.24) is 0 Å². The zero-order valence-corrected chi connectivity index (χ0v) is 15.5. The van der Waals surface area contributed by atoms with Gasteiger partial charge in [0.2, 0.25) is 0 Å². The standard InChI is InChI=1S/C21H28N2O3/c1-16(2)26-20-9-5-4-8-19(20)25-15-7-3-6-14-24-18-12-10-17(11-13-18)21(22)23/h4-5,8-13,16H,3,6-7,14-15H2,1-2H3,(H3,22,23). The molecule has 26 heavy (non-hydrogen) atoms. The van der Waals surface area contributed by atoms with Crippen molar-refractivity contribution in [3.8, 4) is 17.2 Å². The van der Waals surface area contributed by atoms with E-state index in [-0.39, 0.29) is 11.9 Å². The molecular formula is C21H28N2O3. The van der Waals surface area contributed by atoms with Gasteiger partial charge in [-0.1, -0.05) is 12.1 Å². The van der Waals surface area contributed by atoms with Crippen LogP contribution < -0.4 is 19.9 Å². The van der Waals surface area contributed by atoms with Crippen molar-refractivity contribution in [2.75, 3.05) is 13.2 Å². The number of para-hydroxylation sites is 2. The number of unbranched alkanes of at least 4 members (excludes halogenated alkanes) is 2. The molecule has 140 valence electrons. The number of nitrogens with two attached hydrogens (primary N) is 1. The summed E-state index contributed by atoms with van der Waals surface area (Å²) in [6.45, 7) is 5.33. The van der Waals surface area contributed by atoms with Gasteiger partial charge in [-0.3, -0.25) is 5.41 Å². The molecule has 0 aromatic heterocycles. The van der Waals surface area contributed by atoms with Crippen LogP contribution in [0, 0.1) is 5.41 Å². The largest absolute Gasteiger partial charge is 0.494 e. The molecule has 0 radical (unpaired) electrons. The van der Waals surface area contributed by atoms with E-state index in [9.17, 15) is 0 Å². The van der Waals surface area contributed by atoms with Gasteiger partial charge in [0.15, 0.2) is 11.5 Å². The number of nitrogens with one attached hydrogen (secondary N) is 1. The first kappa shape index (κ1) is 19.6. The third-order valence-electron chi connectivity index (χ3n) is 3.69. The monoisotopic (exact) mass is 356 g/mol. The highest BCUT2D eigenvalue weighted by Gasteiger charge is 2.05. The second-order valence-corrected chi connectivity index (χ2v) is 6.31. The Morgan fingerprint density at radius 2 is 1.50 bits per heavy atom. The molecule has 2 aromatic rings. The van der Waals surface area contributed by atoms with Gasteiger partial charge in [0.25, 0.3) is 0 Å². The van der Waals surface area contributed by atoms with E-state index >= 15 is 0 Å². The Morgan fingerprint density at radius 3 is 2.12 bits per heavy atom. The Balaban J connectivity index is 1.62. The van der Waals surface area contributed by atoms with Crippen LogP contribution in [-0.4, -0.2) is 25.2 Å². The molecule has 0 fully saturated rings. The van der Waals surface area contributed by atoms with E-state index in [1.807, 2.05) is 50.2 Å². The molecule has 0 aliphatic carbocycles. The van der Waals surface area contributed by atoms with Crippen LogP contribution in [0.4, 0.5) is 0 Å². The second kappa shape index (κ2) is 10.3. The predicted molar refractivity (Wildman–Crippen MR) is 105 cm³/mol. The minimum atomic E-state index is 0.0666. The molecule has 5 heteroatoms. The fourth-order valence-electron chi connectivity index (χ4n) is 2.40. The summed E-state index contributed by atoms with van der Waals surface area (Å²) in [7, 11) is 0. The smallest absolute Gasteiger partial charge is 0.161 e. The van der Waals surface area contributed by atoms with Crippen LogP contribution >= 0.6 is 0 Å². The lowest BCUT2D eigenvalue weighted by Crippen LogP contribution is -2.10. The van der Waals surface area contributed by atoms with E-state index in [0.29, 0.717) is 18.8 Å². The highest BCUT2D eigenvalue weighted by molar-refractivity contribution is 5.94. The quantitative estimate of drug-likeness (QED) is 0.356. The van der Waals surface area contributed by atoms with Gasteiger partial charge in [0.1, 0.15) is 11.6 Å². The highest BCUT2D eigenvalue weighted by Crippen LogP contribution is 2.27. The Bertz CT molecular complexity index is 684. The third-order valence-corrected chi connectivity index (χ3v) is 3.69. The van der Waals surface area contributed by atoms with Crippen molar-refractivity contribution >= 4 is 5.84 Å². The molecule has 0 aliphatic heterocycles. The maximum absolute atomic E-state index is 7.36. The van der Waals surface area contributed by atoms with Gasteiger partial charge in [-0.2, -0.15) is 0 Å². The summed E-state index contributed by atoms with van der Waals surface area (Å²) >= 11 is 0. The van der Waals surface area contributed by atoms with Crippen LogP contribution in [0.3, 0.4) is 0 Å². The number of benzene rings is 2. The summed E-state index contributed by atoms with van der Waals surface area (Å²) in [5, 5.41) is 7.36. The molecule has 2 aromatic carbocycles. The van der Waals surface area contributed by atoms with Crippen molar-refractivity contribution in [1.29, 1.82) is 5.41 Å². The zero-order chi connectivity index (χ0) is 18.8. The third kappa shape index (κ3) is 6.67. The summed E-state index contributed by atoms with van der Waals surface area (Å²) in [6, 6.07) is 15.0. The SMILES string of the molecule is CC(C)Oc1ccccc1OCCCCCOc1ccc(C(=N)N)cc1. The first-order valence-corrected chi connectivity index (χ1v) is 9.02. The van der Waals surface area contributed by atoms with Crippen molar-refractivity contribution < 1.29 is 14.2 Å². The number of nitrogen functional groups attached to an aromatic ring is 1. The molecule has 0 unspecified atom stereocenters. The molecule has 5 nitrogen and oxygen atoms in total. The van der Waals surface area contributed by atoms with Crippen LogP contribution in [0.5, 0.6) is 17.2 Å². The lowest BCUT2D eigenvalue weighted by Gasteiger charge is -2.14. The summed E-state index contributed by atoms with van der Waals surface area (Å²) < 4.78 is 17.3. The number of amidine groups is 1. The molecule has 0 bridgehead atoms. The van der Waals surface area contributed by atoms with Crippen LogP contribution in [0.15, 0.2) is 48.5 Å². The first-order valence-electron chi connectivity index (χ1n) is 9.02. The van der Waals surface area contributed by atoms with Crippen LogP contribution in [-0.2, 0) is 0 Å². The average Bonchev–Trinajstić information content (AvgIpc) is 2.62. The molecule has 2 rings (SSSR count). The Labute approximate surface area is 155 Å². The lowest BCUT2D eigenvalue weighted by molar-refractivity contribution is 0.218. The zero-order valence-electron chi connectivity index (χ0n) is 15.5. The summed E-state index contributed by atoms with van der Waals surface area (Å²) in [5.74, 6) is 2.45. The Kier molecular flexibility index (Phi) is 7.80. The van der Waals surface area contributed by atoms with Crippen LogP contribution in [0.2, 0.25) is 0 Å². The first-order chi connectivity index (χ1) is 12.6. The van der Waals surface area contributed by atoms with Gasteiger partial charge in [0.05, 0.1) is 19.3 Å². The minimum Gasteiger partial charge on any atom is -0.494 e. The van der Waals surface area contributed by atoms with Gasteiger partial charge in [-0.25, -0.2) is 0 Å². The maximum atomic E-state index is 7.36. The molecule has 0 aliphatic rings. The van der Waals surface area contributed by atoms with Gasteiger partial charge < -0.3 is 19.9 Å². The van der Waals surface area contributed by atoms with Crippen molar-refractivity contribution in [2.24, 2.45) is 5.73 Å². The molecule has 0 amide bonds. The molecule has 0 saturated heterocycles. The van der Waals surface area contributed by atoms with E-state index in [2.05, 4.69) is 0 Å². The fraction of sp³-hybridized carbons (Fsp3) is 0.381. The van der Waals surface area contributed by atoms with Crippen LogP contribution in [0.1, 0.15) is 38.7 Å². The number of hydrogen-bond acceptors (Lipinski definition) is 4. The number of ether oxygens (including phenoxy) is 3. The normalized spacial score (nSPS) is 10.6. The fourth-order valence-corrected chi connectivity index (χ4v) is 2.40. The number of hydrogen-bond donors (Lipinski definition) is 2. The topological polar surface area (TPSA) is 77.6 Å². The molecule has 0 saturated carbocycles. The molecule has 3 N–H and O–H groups in total. The predicted octanol–water partition coefficient (Wildman–Crippen LogP) is 4.39. The average molecular weight is 356 g/mol. The molecule has 0 spiro atoms. The van der Waals surface area contributed by atoms with E-state index < -0.39 is 0 Å². The van der Waals surface area contributed by atoms with Gasteiger partial charge in [0, 0.05) is 5.56 Å². The van der Waals surface area contributed by atoms with Crippen molar-refractivity contribution in [3.05, 3.63) is 54.1 Å². The minimum absolute atomic E-state index is 0.0666. The van der Waals surface area contributed by atoms with Crippen LogP contribution in [0.25, 0.3) is 0 Å². The van der Waals surface area contributed by atoms with Gasteiger partial charge in [-0.05, 0) is 69.5 Å². The Morgan fingerprint density at radius 1 is 0.885 bits per heavy atom. The summed E-state index contributed by atoms with van der Waals surface area (Å²) in [5.41, 5.74) is 6.13. The molecule has 0 heterocycles. The maximum Gasteiger partial charge on any atom is 0.161 e. The second-order valence-electron chi connectivity index (χ2n) is 6.31.